The minimum Gasteiger partial charge on any atom is -0.455 e. The van der Waals surface area contributed by atoms with Crippen molar-refractivity contribution in [1.82, 2.24) is 0 Å². The summed E-state index contributed by atoms with van der Waals surface area (Å²) in [4.78, 5) is 50.0. The van der Waals surface area contributed by atoms with Gasteiger partial charge in [-0.2, -0.15) is 0 Å². The molecule has 4 rings (SSSR count). The molecule has 3 amide bonds. The van der Waals surface area contributed by atoms with E-state index in [1.807, 2.05) is 42.5 Å². The number of ether oxygens (including phenoxy) is 1. The highest BCUT2D eigenvalue weighted by molar-refractivity contribution is 6.06. The van der Waals surface area contributed by atoms with Gasteiger partial charge >= 0.3 is 5.97 Å². The van der Waals surface area contributed by atoms with Gasteiger partial charge in [-0.05, 0) is 35.7 Å². The van der Waals surface area contributed by atoms with E-state index in [-0.39, 0.29) is 24.8 Å². The molecule has 0 unspecified atom stereocenters. The second-order valence-corrected chi connectivity index (χ2v) is 7.82. The normalized spacial score (nSPS) is 15.4. The van der Waals surface area contributed by atoms with E-state index in [0.29, 0.717) is 11.4 Å². The first-order valence-electron chi connectivity index (χ1n) is 10.5. The van der Waals surface area contributed by atoms with E-state index in [9.17, 15) is 19.2 Å². The van der Waals surface area contributed by atoms with Crippen molar-refractivity contribution in [3.05, 3.63) is 66.7 Å². The van der Waals surface area contributed by atoms with Gasteiger partial charge in [-0.25, -0.2) is 0 Å². The summed E-state index contributed by atoms with van der Waals surface area (Å²) in [6.45, 7) is 1.16. The quantitative estimate of drug-likeness (QED) is 0.567. The molecule has 3 aromatic rings. The zero-order valence-electron chi connectivity index (χ0n) is 18.0. The number of fused-ring (bicyclic) bond motifs is 1. The zero-order chi connectivity index (χ0) is 23.4. The van der Waals surface area contributed by atoms with Crippen molar-refractivity contribution in [2.45, 2.75) is 13.3 Å². The Labute approximate surface area is 190 Å². The molecule has 2 N–H and O–H groups in total. The Bertz CT molecular complexity index is 1220. The van der Waals surface area contributed by atoms with Gasteiger partial charge in [-0.15, -0.1) is 0 Å². The third-order valence-corrected chi connectivity index (χ3v) is 5.35. The van der Waals surface area contributed by atoms with Gasteiger partial charge in [0.2, 0.25) is 11.8 Å². The molecule has 1 fully saturated rings. The van der Waals surface area contributed by atoms with Crippen molar-refractivity contribution < 1.29 is 23.9 Å². The third-order valence-electron chi connectivity index (χ3n) is 5.35. The van der Waals surface area contributed by atoms with E-state index in [2.05, 4.69) is 10.6 Å². The number of nitrogens with one attached hydrogen (secondary N) is 2. The minimum absolute atomic E-state index is 0.0360. The first-order chi connectivity index (χ1) is 15.9. The summed E-state index contributed by atoms with van der Waals surface area (Å²) < 4.78 is 5.17. The fourth-order valence-electron chi connectivity index (χ4n) is 3.83. The van der Waals surface area contributed by atoms with Crippen LogP contribution >= 0.6 is 0 Å². The summed E-state index contributed by atoms with van der Waals surface area (Å²) in [6, 6.07) is 20.0. The monoisotopic (exact) mass is 445 g/mol. The number of carbonyl (C=O) groups excluding carboxylic acids is 4. The molecule has 0 radical (unpaired) electrons. The summed E-state index contributed by atoms with van der Waals surface area (Å²) in [5.41, 5.74) is 1.87. The number of benzene rings is 3. The predicted octanol–water partition coefficient (Wildman–Crippen LogP) is 3.33. The summed E-state index contributed by atoms with van der Waals surface area (Å²) in [5.74, 6) is -2.06. The first kappa shape index (κ1) is 22.0. The van der Waals surface area contributed by atoms with Gasteiger partial charge in [0.1, 0.15) is 0 Å². The molecule has 0 aliphatic carbocycles. The molecule has 1 atom stereocenters. The third kappa shape index (κ3) is 5.17. The van der Waals surface area contributed by atoms with Gasteiger partial charge in [0.05, 0.1) is 11.6 Å². The number of hydrogen-bond donors (Lipinski definition) is 2. The summed E-state index contributed by atoms with van der Waals surface area (Å²) in [6.07, 6.45) is 0.0360. The largest absolute Gasteiger partial charge is 0.455 e. The molecule has 0 saturated carbocycles. The van der Waals surface area contributed by atoms with Gasteiger partial charge in [0.15, 0.2) is 6.61 Å². The lowest BCUT2D eigenvalue weighted by Crippen LogP contribution is -2.28. The molecule has 168 valence electrons. The number of anilines is 3. The number of hydrogen-bond acceptors (Lipinski definition) is 5. The van der Waals surface area contributed by atoms with Crippen LogP contribution in [0.4, 0.5) is 17.1 Å². The average Bonchev–Trinajstić information content (AvgIpc) is 3.19. The zero-order valence-corrected chi connectivity index (χ0v) is 18.0. The fraction of sp³-hybridized carbons (Fsp3) is 0.200. The smallest absolute Gasteiger partial charge is 0.311 e. The number of nitrogens with zero attached hydrogens (tertiary/aromatic N) is 1. The molecule has 0 bridgehead atoms. The highest BCUT2D eigenvalue weighted by Gasteiger charge is 2.36. The SMILES string of the molecule is CC(=O)Nc1ccc(NC(=O)COC(=O)[C@H]2CC(=O)N(c3cccc4ccccc34)C2)cc1. The van der Waals surface area contributed by atoms with Crippen molar-refractivity contribution >= 4 is 51.5 Å². The Morgan fingerprint density at radius 2 is 1.61 bits per heavy atom. The Kier molecular flexibility index (Phi) is 6.35. The molecule has 3 aromatic carbocycles. The van der Waals surface area contributed by atoms with Gasteiger partial charge in [-0.1, -0.05) is 36.4 Å². The standard InChI is InChI=1S/C25H23N3O5/c1-16(29)26-19-9-11-20(12-10-19)27-23(30)15-33-25(32)18-13-24(31)28(14-18)22-8-4-6-17-5-2-3-7-21(17)22/h2-12,18H,13-15H2,1H3,(H,26,29)(H,27,30)/t18-/m0/s1. The van der Waals surface area contributed by atoms with Gasteiger partial charge in [-0.3, -0.25) is 19.2 Å². The number of esters is 1. The number of rotatable bonds is 6. The molecule has 8 nitrogen and oxygen atoms in total. The minimum atomic E-state index is -0.638. The van der Waals surface area contributed by atoms with Crippen molar-refractivity contribution in [2.75, 3.05) is 28.7 Å². The molecule has 0 spiro atoms. The molecule has 1 saturated heterocycles. The second kappa shape index (κ2) is 9.52. The molecule has 1 heterocycles. The van der Waals surface area contributed by atoms with Crippen LogP contribution in [0.1, 0.15) is 13.3 Å². The van der Waals surface area contributed by atoms with E-state index in [1.165, 1.54) is 6.92 Å². The van der Waals surface area contributed by atoms with E-state index in [4.69, 9.17) is 4.74 Å². The van der Waals surface area contributed by atoms with Gasteiger partial charge in [0.25, 0.3) is 5.91 Å². The summed E-state index contributed by atoms with van der Waals surface area (Å²) >= 11 is 0. The summed E-state index contributed by atoms with van der Waals surface area (Å²) in [7, 11) is 0. The second-order valence-electron chi connectivity index (χ2n) is 7.82. The molecular formula is C25H23N3O5. The Hall–Kier alpha value is -4.20. The van der Waals surface area contributed by atoms with Crippen molar-refractivity contribution in [3.63, 3.8) is 0 Å². The fourth-order valence-corrected chi connectivity index (χ4v) is 3.83. The lowest BCUT2D eigenvalue weighted by atomic mass is 10.1. The van der Waals surface area contributed by atoms with E-state index < -0.39 is 24.4 Å². The highest BCUT2D eigenvalue weighted by atomic mass is 16.5. The van der Waals surface area contributed by atoms with Crippen LogP contribution in [0.5, 0.6) is 0 Å². The summed E-state index contributed by atoms with van der Waals surface area (Å²) in [5, 5.41) is 7.20. The van der Waals surface area contributed by atoms with Crippen LogP contribution in [0.25, 0.3) is 10.8 Å². The van der Waals surface area contributed by atoms with Crippen LogP contribution in [0.2, 0.25) is 0 Å². The maximum atomic E-state index is 12.6. The Balaban J connectivity index is 1.32. The van der Waals surface area contributed by atoms with Crippen molar-refractivity contribution in [3.8, 4) is 0 Å². The lowest BCUT2D eigenvalue weighted by molar-refractivity contribution is -0.151. The molecule has 0 aromatic heterocycles. The predicted molar refractivity (Wildman–Crippen MR) is 125 cm³/mol. The number of amides is 3. The topological polar surface area (TPSA) is 105 Å². The highest BCUT2D eigenvalue weighted by Crippen LogP contribution is 2.32. The van der Waals surface area contributed by atoms with Crippen LogP contribution in [0.3, 0.4) is 0 Å². The van der Waals surface area contributed by atoms with E-state index in [1.54, 1.807) is 29.2 Å². The van der Waals surface area contributed by atoms with Gasteiger partial charge in [0, 0.05) is 36.7 Å². The van der Waals surface area contributed by atoms with Crippen molar-refractivity contribution in [1.29, 1.82) is 0 Å². The van der Waals surface area contributed by atoms with E-state index in [0.717, 1.165) is 16.5 Å². The van der Waals surface area contributed by atoms with Crippen LogP contribution in [0, 0.1) is 5.92 Å². The Morgan fingerprint density at radius 3 is 2.33 bits per heavy atom. The molecule has 1 aliphatic rings. The van der Waals surface area contributed by atoms with Crippen LogP contribution < -0.4 is 15.5 Å². The maximum absolute atomic E-state index is 12.6. The van der Waals surface area contributed by atoms with Crippen LogP contribution in [-0.4, -0.2) is 36.8 Å². The van der Waals surface area contributed by atoms with Crippen molar-refractivity contribution in [2.24, 2.45) is 5.92 Å². The molecule has 1 aliphatic heterocycles. The first-order valence-corrected chi connectivity index (χ1v) is 10.5. The number of carbonyl (C=O) groups is 4. The van der Waals surface area contributed by atoms with Gasteiger partial charge < -0.3 is 20.3 Å². The molecule has 33 heavy (non-hydrogen) atoms. The average molecular weight is 445 g/mol. The Morgan fingerprint density at radius 1 is 0.939 bits per heavy atom. The molecular weight excluding hydrogens is 422 g/mol. The van der Waals surface area contributed by atoms with Crippen LogP contribution in [-0.2, 0) is 23.9 Å². The maximum Gasteiger partial charge on any atom is 0.311 e. The van der Waals surface area contributed by atoms with E-state index >= 15 is 0 Å². The molecule has 8 heteroatoms. The lowest BCUT2D eigenvalue weighted by Gasteiger charge is -2.18. The van der Waals surface area contributed by atoms with Crippen LogP contribution in [0.15, 0.2) is 66.7 Å².